The van der Waals surface area contributed by atoms with E-state index in [4.69, 9.17) is 4.74 Å². The highest BCUT2D eigenvalue weighted by Crippen LogP contribution is 2.33. The molecule has 0 aromatic carbocycles. The van der Waals surface area contributed by atoms with Gasteiger partial charge in [0.15, 0.2) is 0 Å². The fourth-order valence-corrected chi connectivity index (χ4v) is 3.97. The molecule has 0 bridgehead atoms. The average molecular weight is 429 g/mol. The molecule has 0 saturated heterocycles. The Bertz CT molecular complexity index is 1230. The number of alkyl halides is 2. The number of fused-ring (bicyclic) bond motifs is 2. The second-order valence-corrected chi connectivity index (χ2v) is 8.03. The molecule has 4 aromatic rings. The fourth-order valence-electron chi connectivity index (χ4n) is 3.97. The van der Waals surface area contributed by atoms with Crippen molar-refractivity contribution in [1.29, 1.82) is 0 Å². The Hall–Kier alpha value is -3.34. The number of nitrogens with one attached hydrogen (secondary N) is 1. The SMILES string of the molecule is C[C@]1(O)CC[C@H](Nc2nc(OC(F)F)c3c(-c4cnc5nccn5c4)ccn3n2)CC1. The lowest BCUT2D eigenvalue weighted by Gasteiger charge is -2.33. The Balaban J connectivity index is 1.52. The van der Waals surface area contributed by atoms with Gasteiger partial charge in [0.25, 0.3) is 0 Å². The molecule has 1 aliphatic rings. The maximum Gasteiger partial charge on any atom is 0.388 e. The Labute approximate surface area is 175 Å². The normalized spacial score (nSPS) is 21.8. The molecule has 5 rings (SSSR count). The molecule has 4 heterocycles. The van der Waals surface area contributed by atoms with Crippen LogP contribution in [0.4, 0.5) is 14.7 Å². The predicted molar refractivity (Wildman–Crippen MR) is 108 cm³/mol. The number of aliphatic hydroxyl groups is 1. The van der Waals surface area contributed by atoms with Gasteiger partial charge in [0.05, 0.1) is 5.60 Å². The molecule has 11 heteroatoms. The molecule has 0 amide bonds. The molecule has 1 aliphatic carbocycles. The van der Waals surface area contributed by atoms with Crippen molar-refractivity contribution in [3.8, 4) is 17.0 Å². The molecule has 9 nitrogen and oxygen atoms in total. The van der Waals surface area contributed by atoms with Crippen molar-refractivity contribution in [1.82, 2.24) is 29.0 Å². The first-order valence-corrected chi connectivity index (χ1v) is 10.0. The minimum Gasteiger partial charge on any atom is -0.414 e. The number of ether oxygens (including phenoxy) is 1. The highest BCUT2D eigenvalue weighted by molar-refractivity contribution is 5.84. The summed E-state index contributed by atoms with van der Waals surface area (Å²) in [4.78, 5) is 12.6. The van der Waals surface area contributed by atoms with E-state index in [0.29, 0.717) is 35.3 Å². The summed E-state index contributed by atoms with van der Waals surface area (Å²) >= 11 is 0. The van der Waals surface area contributed by atoms with Crippen LogP contribution in [0.2, 0.25) is 0 Å². The van der Waals surface area contributed by atoms with E-state index in [1.165, 1.54) is 4.52 Å². The van der Waals surface area contributed by atoms with Crippen molar-refractivity contribution >= 4 is 17.2 Å². The number of rotatable bonds is 5. The number of halogens is 2. The van der Waals surface area contributed by atoms with Crippen molar-refractivity contribution in [2.75, 3.05) is 5.32 Å². The van der Waals surface area contributed by atoms with E-state index >= 15 is 0 Å². The van der Waals surface area contributed by atoms with Gasteiger partial charge in [-0.2, -0.15) is 13.8 Å². The van der Waals surface area contributed by atoms with E-state index in [0.717, 1.165) is 12.8 Å². The van der Waals surface area contributed by atoms with Gasteiger partial charge in [-0.3, -0.25) is 4.40 Å². The molecule has 0 radical (unpaired) electrons. The van der Waals surface area contributed by atoms with Crippen molar-refractivity contribution < 1.29 is 18.6 Å². The van der Waals surface area contributed by atoms with Gasteiger partial charge in [-0.25, -0.2) is 14.5 Å². The minimum absolute atomic E-state index is 0.0416. The Morgan fingerprint density at radius 3 is 2.84 bits per heavy atom. The van der Waals surface area contributed by atoms with E-state index in [-0.39, 0.29) is 17.9 Å². The third kappa shape index (κ3) is 3.88. The summed E-state index contributed by atoms with van der Waals surface area (Å²) in [6.45, 7) is -1.22. The predicted octanol–water partition coefficient (Wildman–Crippen LogP) is 3.15. The topological polar surface area (TPSA) is 102 Å². The molecular formula is C20H21F2N7O2. The van der Waals surface area contributed by atoms with Crippen molar-refractivity contribution in [2.24, 2.45) is 0 Å². The van der Waals surface area contributed by atoms with Crippen molar-refractivity contribution in [3.63, 3.8) is 0 Å². The lowest BCUT2D eigenvalue weighted by molar-refractivity contribution is -0.0519. The van der Waals surface area contributed by atoms with E-state index in [1.807, 2.05) is 6.92 Å². The zero-order valence-electron chi connectivity index (χ0n) is 16.7. The molecule has 0 spiro atoms. The maximum atomic E-state index is 13.2. The van der Waals surface area contributed by atoms with Crippen LogP contribution in [0, 0.1) is 0 Å². The lowest BCUT2D eigenvalue weighted by atomic mass is 9.84. The van der Waals surface area contributed by atoms with Crippen molar-refractivity contribution in [3.05, 3.63) is 37.1 Å². The molecule has 4 aromatic heterocycles. The van der Waals surface area contributed by atoms with Crippen LogP contribution in [0.5, 0.6) is 5.88 Å². The minimum atomic E-state index is -3.03. The Morgan fingerprint density at radius 1 is 1.26 bits per heavy atom. The zero-order valence-corrected chi connectivity index (χ0v) is 16.7. The lowest BCUT2D eigenvalue weighted by Crippen LogP contribution is -2.36. The second-order valence-electron chi connectivity index (χ2n) is 8.03. The molecule has 1 fully saturated rings. The smallest absolute Gasteiger partial charge is 0.388 e. The standard InChI is InChI=1S/C20H21F2N7O2/c1-20(30)5-2-13(3-6-20)25-18-26-16(31-17(21)22)15-14(4-8-29(15)27-18)12-10-24-19-23-7-9-28(19)11-12/h4,7-11,13,17,30H,2-3,5-6H2,1H3,(H,25,27)/t13-,20-. The maximum absolute atomic E-state index is 13.2. The van der Waals surface area contributed by atoms with E-state index in [1.54, 1.807) is 41.5 Å². The van der Waals surface area contributed by atoms with Gasteiger partial charge in [0, 0.05) is 48.2 Å². The number of hydrogen-bond acceptors (Lipinski definition) is 7. The summed E-state index contributed by atoms with van der Waals surface area (Å²) < 4.78 is 34.3. The van der Waals surface area contributed by atoms with Crippen LogP contribution in [-0.4, -0.2) is 52.3 Å². The Morgan fingerprint density at radius 2 is 2.06 bits per heavy atom. The number of hydrogen-bond donors (Lipinski definition) is 2. The monoisotopic (exact) mass is 429 g/mol. The van der Waals surface area contributed by atoms with Crippen LogP contribution in [-0.2, 0) is 0 Å². The summed E-state index contributed by atoms with van der Waals surface area (Å²) in [6.07, 6.45) is 11.2. The zero-order chi connectivity index (χ0) is 21.6. The Kier molecular flexibility index (Phi) is 4.69. The van der Waals surface area contributed by atoms with Crippen LogP contribution < -0.4 is 10.1 Å². The quantitative estimate of drug-likeness (QED) is 0.502. The van der Waals surface area contributed by atoms with Gasteiger partial charge in [0.1, 0.15) is 5.52 Å². The van der Waals surface area contributed by atoms with Gasteiger partial charge in [-0.15, -0.1) is 5.10 Å². The van der Waals surface area contributed by atoms with E-state index < -0.39 is 12.2 Å². The molecule has 162 valence electrons. The highest BCUT2D eigenvalue weighted by Gasteiger charge is 2.29. The van der Waals surface area contributed by atoms with E-state index in [2.05, 4.69) is 25.4 Å². The van der Waals surface area contributed by atoms with Crippen LogP contribution in [0.25, 0.3) is 22.4 Å². The van der Waals surface area contributed by atoms with Gasteiger partial charge >= 0.3 is 6.61 Å². The molecule has 0 aliphatic heterocycles. The first-order chi connectivity index (χ1) is 14.9. The third-order valence-corrected chi connectivity index (χ3v) is 5.63. The van der Waals surface area contributed by atoms with Crippen LogP contribution in [0.1, 0.15) is 32.6 Å². The van der Waals surface area contributed by atoms with Gasteiger partial charge in [-0.05, 0) is 38.7 Å². The molecule has 2 N–H and O–H groups in total. The summed E-state index contributed by atoms with van der Waals surface area (Å²) in [5.41, 5.74) is 0.941. The summed E-state index contributed by atoms with van der Waals surface area (Å²) in [6, 6.07) is 1.80. The molecule has 0 unspecified atom stereocenters. The summed E-state index contributed by atoms with van der Waals surface area (Å²) in [5.74, 6) is 0.506. The van der Waals surface area contributed by atoms with Gasteiger partial charge in [-0.1, -0.05) is 0 Å². The molecule has 0 atom stereocenters. The number of imidazole rings is 1. The first-order valence-electron chi connectivity index (χ1n) is 10.0. The van der Waals surface area contributed by atoms with Crippen molar-refractivity contribution in [2.45, 2.75) is 50.9 Å². The molecule has 1 saturated carbocycles. The van der Waals surface area contributed by atoms with Crippen LogP contribution in [0.15, 0.2) is 37.1 Å². The highest BCUT2D eigenvalue weighted by atomic mass is 19.3. The number of anilines is 1. The van der Waals surface area contributed by atoms with E-state index in [9.17, 15) is 13.9 Å². The van der Waals surface area contributed by atoms with Gasteiger partial charge < -0.3 is 15.2 Å². The largest absolute Gasteiger partial charge is 0.414 e. The second kappa shape index (κ2) is 7.41. The number of nitrogens with zero attached hydrogens (tertiary/aromatic N) is 6. The molecular weight excluding hydrogens is 408 g/mol. The first kappa shape index (κ1) is 19.6. The average Bonchev–Trinajstić information content (AvgIpc) is 3.35. The van der Waals surface area contributed by atoms with Crippen LogP contribution in [0.3, 0.4) is 0 Å². The fraction of sp³-hybridized carbons (Fsp3) is 0.400. The third-order valence-electron chi connectivity index (χ3n) is 5.63. The summed E-state index contributed by atoms with van der Waals surface area (Å²) in [5, 5.41) is 17.8. The number of aromatic nitrogens is 6. The van der Waals surface area contributed by atoms with Gasteiger partial charge in [0.2, 0.25) is 17.6 Å². The van der Waals surface area contributed by atoms with Crippen LogP contribution >= 0.6 is 0 Å². The molecule has 31 heavy (non-hydrogen) atoms. The summed E-state index contributed by atoms with van der Waals surface area (Å²) in [7, 11) is 0.